The zero-order valence-electron chi connectivity index (χ0n) is 26.0. The van der Waals surface area contributed by atoms with E-state index >= 15 is 0 Å². The third-order valence-corrected chi connectivity index (χ3v) is 8.08. The Morgan fingerprint density at radius 3 is 0.531 bits per heavy atom. The summed E-state index contributed by atoms with van der Waals surface area (Å²) in [6.07, 6.45) is 16.2. The summed E-state index contributed by atoms with van der Waals surface area (Å²) in [5.41, 5.74) is 15.7. The van der Waals surface area contributed by atoms with E-state index in [9.17, 15) is 0 Å². The van der Waals surface area contributed by atoms with Gasteiger partial charge in [-0.1, -0.05) is 0 Å². The molecule has 0 unspecified atom stereocenters. The fourth-order valence-corrected chi connectivity index (χ4v) is 5.89. The Hall–Kier alpha value is -6.31. The summed E-state index contributed by atoms with van der Waals surface area (Å²) in [5.74, 6) is 0. The fourth-order valence-electron chi connectivity index (χ4n) is 5.89. The van der Waals surface area contributed by atoms with E-state index in [1.165, 1.54) is 0 Å². The summed E-state index contributed by atoms with van der Waals surface area (Å²) < 4.78 is 0. The van der Waals surface area contributed by atoms with E-state index in [1.807, 2.05) is 97.1 Å². The molecule has 0 radical (unpaired) electrons. The van der Waals surface area contributed by atoms with Crippen LogP contribution in [-0.2, 0) is 16.5 Å². The molecule has 0 spiro atoms. The molecule has 4 N–H and O–H groups in total. The number of hydrogen-bond donors (Lipinski definition) is 4. The van der Waals surface area contributed by atoms with Crippen LogP contribution >= 0.6 is 0 Å². The molecule has 0 atom stereocenters. The van der Waals surface area contributed by atoms with Gasteiger partial charge in [-0.3, -0.25) is 0 Å². The maximum atomic E-state index is 4.63. The van der Waals surface area contributed by atoms with Gasteiger partial charge in [0.1, 0.15) is 0 Å². The Morgan fingerprint density at radius 2 is 0.388 bits per heavy atom. The van der Waals surface area contributed by atoms with Crippen molar-refractivity contribution in [2.75, 3.05) is 0 Å². The van der Waals surface area contributed by atoms with Gasteiger partial charge >= 0.3 is 0 Å². The van der Waals surface area contributed by atoms with Crippen LogP contribution in [0.4, 0.5) is 0 Å². The number of H-pyrrole nitrogens is 4. The standard InChI is InChI=1S/2C20H14N4.Ni/c2*1-2-14-10-16-5-6-18(23-16)12-20-8-7-19(24-20)11-17-4-3-15(22-17)9-13(1)21-14;/h2*1-12,21,24H;. The molecule has 10 rings (SSSR count). The molecule has 6 aromatic heterocycles. The van der Waals surface area contributed by atoms with Gasteiger partial charge in [0, 0.05) is 60.6 Å². The van der Waals surface area contributed by atoms with Crippen molar-refractivity contribution < 1.29 is 16.5 Å². The Balaban J connectivity index is 0.000000139. The average Bonchev–Trinajstić information content (AvgIpc) is 3.91. The molecule has 238 valence electrons. The van der Waals surface area contributed by atoms with Crippen LogP contribution in [0, 0.1) is 0 Å². The summed E-state index contributed by atoms with van der Waals surface area (Å²) >= 11 is 0. The van der Waals surface area contributed by atoms with Crippen LogP contribution in [0.3, 0.4) is 0 Å². The third kappa shape index (κ3) is 6.88. The van der Waals surface area contributed by atoms with E-state index in [0.29, 0.717) is 0 Å². The second kappa shape index (κ2) is 12.7. The average molecular weight is 679 g/mol. The van der Waals surface area contributed by atoms with Gasteiger partial charge in [-0.25, -0.2) is 19.9 Å². The zero-order chi connectivity index (χ0) is 31.9. The monoisotopic (exact) mass is 678 g/mol. The molecular formula is C40H28N8Ni. The number of fused-ring (bicyclic) bond motifs is 16. The SMILES string of the molecule is C1=Cc2cc3ccc(cc4nc(cc5ccc(cc1n2)[nH]5)C=C4)[nH]3.C1=Cc2cc3ccc(cc4nc(cc5ccc(cc1n2)[nH]5)C=C4)[nH]3.[Ni]. The van der Waals surface area contributed by atoms with E-state index in [1.54, 1.807) is 0 Å². The second-order valence-corrected chi connectivity index (χ2v) is 11.8. The van der Waals surface area contributed by atoms with Crippen LogP contribution in [0.5, 0.6) is 0 Å². The van der Waals surface area contributed by atoms with Gasteiger partial charge < -0.3 is 19.9 Å². The van der Waals surface area contributed by atoms with Crippen LogP contribution in [0.15, 0.2) is 97.1 Å². The molecule has 6 aromatic rings. The van der Waals surface area contributed by atoms with Gasteiger partial charge in [-0.2, -0.15) is 0 Å². The van der Waals surface area contributed by atoms with E-state index in [4.69, 9.17) is 0 Å². The fraction of sp³-hybridized carbons (Fsp3) is 0. The molecule has 16 bridgehead atoms. The molecule has 49 heavy (non-hydrogen) atoms. The van der Waals surface area contributed by atoms with E-state index in [2.05, 4.69) is 88.4 Å². The summed E-state index contributed by atoms with van der Waals surface area (Å²) in [6.45, 7) is 0. The van der Waals surface area contributed by atoms with Crippen LogP contribution in [0.2, 0.25) is 0 Å². The first-order chi connectivity index (χ1) is 23.6. The van der Waals surface area contributed by atoms with Crippen LogP contribution in [0.1, 0.15) is 45.6 Å². The molecule has 0 saturated heterocycles. The molecule has 4 aliphatic heterocycles. The largest absolute Gasteiger partial charge is 0.355 e. The summed E-state index contributed by atoms with van der Waals surface area (Å²) in [4.78, 5) is 32.0. The maximum Gasteiger partial charge on any atom is 0.0658 e. The molecule has 0 amide bonds. The Morgan fingerprint density at radius 1 is 0.245 bits per heavy atom. The first-order valence-corrected chi connectivity index (χ1v) is 15.7. The van der Waals surface area contributed by atoms with Crippen molar-refractivity contribution in [3.05, 3.63) is 143 Å². The van der Waals surface area contributed by atoms with Crippen molar-refractivity contribution in [3.63, 3.8) is 0 Å². The first kappa shape index (κ1) is 30.1. The molecule has 8 nitrogen and oxygen atoms in total. The second-order valence-electron chi connectivity index (χ2n) is 11.8. The van der Waals surface area contributed by atoms with E-state index < -0.39 is 0 Å². The quantitative estimate of drug-likeness (QED) is 0.120. The van der Waals surface area contributed by atoms with Gasteiger partial charge in [-0.15, -0.1) is 0 Å². The van der Waals surface area contributed by atoms with Crippen molar-refractivity contribution in [2.45, 2.75) is 0 Å². The van der Waals surface area contributed by atoms with Crippen molar-refractivity contribution >= 4 is 92.7 Å². The number of hydrogen-bond acceptors (Lipinski definition) is 4. The minimum absolute atomic E-state index is 0. The number of aromatic amines is 4. The molecular weight excluding hydrogens is 651 g/mol. The van der Waals surface area contributed by atoms with E-state index in [-0.39, 0.29) is 16.5 Å². The van der Waals surface area contributed by atoms with Crippen LogP contribution in [-0.4, -0.2) is 39.9 Å². The molecule has 0 aliphatic carbocycles. The maximum absolute atomic E-state index is 4.63. The summed E-state index contributed by atoms with van der Waals surface area (Å²) in [5, 5.41) is 0. The van der Waals surface area contributed by atoms with Gasteiger partial charge in [-0.05, 0) is 146 Å². The Bertz CT molecular complexity index is 2160. The molecule has 0 fully saturated rings. The smallest absolute Gasteiger partial charge is 0.0658 e. The Labute approximate surface area is 290 Å². The normalized spacial score (nSPS) is 12.4. The minimum Gasteiger partial charge on any atom is -0.355 e. The van der Waals surface area contributed by atoms with Gasteiger partial charge in [0.05, 0.1) is 45.6 Å². The van der Waals surface area contributed by atoms with Crippen LogP contribution in [0.25, 0.3) is 92.7 Å². The van der Waals surface area contributed by atoms with E-state index in [0.717, 1.165) is 89.7 Å². The molecule has 4 aliphatic rings. The predicted octanol–water partition coefficient (Wildman–Crippen LogP) is 9.31. The molecule has 10 heterocycles. The van der Waals surface area contributed by atoms with Crippen molar-refractivity contribution in [1.29, 1.82) is 0 Å². The van der Waals surface area contributed by atoms with Crippen LogP contribution < -0.4 is 0 Å². The van der Waals surface area contributed by atoms with Crippen molar-refractivity contribution in [1.82, 2.24) is 39.9 Å². The zero-order valence-corrected chi connectivity index (χ0v) is 26.9. The van der Waals surface area contributed by atoms with Crippen molar-refractivity contribution in [3.8, 4) is 0 Å². The number of nitrogens with one attached hydrogen (secondary N) is 4. The number of aromatic nitrogens is 8. The van der Waals surface area contributed by atoms with Crippen molar-refractivity contribution in [2.24, 2.45) is 0 Å². The molecule has 0 saturated carbocycles. The Kier molecular flexibility index (Phi) is 7.80. The minimum atomic E-state index is 0. The number of nitrogens with zero attached hydrogens (tertiary/aromatic N) is 4. The van der Waals surface area contributed by atoms with Gasteiger partial charge in [0.2, 0.25) is 0 Å². The third-order valence-electron chi connectivity index (χ3n) is 8.08. The first-order valence-electron chi connectivity index (χ1n) is 15.7. The summed E-state index contributed by atoms with van der Waals surface area (Å²) in [6, 6.07) is 32.7. The van der Waals surface area contributed by atoms with Gasteiger partial charge in [0.25, 0.3) is 0 Å². The van der Waals surface area contributed by atoms with Gasteiger partial charge in [0.15, 0.2) is 0 Å². The number of rotatable bonds is 0. The summed E-state index contributed by atoms with van der Waals surface area (Å²) in [7, 11) is 0. The predicted molar refractivity (Wildman–Crippen MR) is 198 cm³/mol. The molecule has 0 aromatic carbocycles. The topological polar surface area (TPSA) is 115 Å². The molecule has 9 heteroatoms.